The molecule has 0 radical (unpaired) electrons. The minimum absolute atomic E-state index is 0.157. The molecule has 0 saturated carbocycles. The predicted molar refractivity (Wildman–Crippen MR) is 176 cm³/mol. The lowest BCUT2D eigenvalue weighted by Crippen LogP contribution is -2.04. The van der Waals surface area contributed by atoms with Crippen LogP contribution in [0.4, 0.5) is 14.5 Å². The Bertz CT molecular complexity index is 2490. The second-order valence-electron chi connectivity index (χ2n) is 11.3. The molecule has 0 atom stereocenters. The number of rotatable bonds is 3. The molecule has 0 aliphatic rings. The van der Waals surface area contributed by atoms with E-state index in [2.05, 4.69) is 51.9 Å². The molecule has 0 N–H and O–H groups in total. The van der Waals surface area contributed by atoms with E-state index in [1.165, 1.54) is 18.2 Å². The van der Waals surface area contributed by atoms with Crippen LogP contribution in [-0.2, 0) is 0 Å². The fraction of sp³-hybridized carbons (Fsp3) is 0.0513. The highest BCUT2D eigenvalue weighted by molar-refractivity contribution is 6.12. The smallest absolute Gasteiger partial charge is 0.234 e. The minimum atomic E-state index is -0.681. The maximum atomic E-state index is 15.6. The van der Waals surface area contributed by atoms with Crippen molar-refractivity contribution in [3.63, 3.8) is 0 Å². The summed E-state index contributed by atoms with van der Waals surface area (Å²) in [7, 11) is 0. The van der Waals surface area contributed by atoms with Crippen molar-refractivity contribution in [3.8, 4) is 22.5 Å². The third kappa shape index (κ3) is 3.64. The van der Waals surface area contributed by atoms with Gasteiger partial charge < -0.3 is 9.13 Å². The lowest BCUT2D eigenvalue weighted by molar-refractivity contribution is 0.589. The molecule has 8 rings (SSSR count). The number of aromatic nitrogens is 2. The fourth-order valence-corrected chi connectivity index (χ4v) is 6.70. The number of aryl methyl sites for hydroxylation is 2. The maximum Gasteiger partial charge on any atom is 0.234 e. The van der Waals surface area contributed by atoms with Gasteiger partial charge in [-0.15, -0.1) is 0 Å². The van der Waals surface area contributed by atoms with Crippen LogP contribution in [0.1, 0.15) is 11.1 Å². The first kappa shape index (κ1) is 25.9. The average Bonchev–Trinajstić information content (AvgIpc) is 3.52. The Balaban J connectivity index is 1.61. The van der Waals surface area contributed by atoms with Crippen LogP contribution in [-0.4, -0.2) is 9.13 Å². The first-order valence-corrected chi connectivity index (χ1v) is 14.5. The summed E-state index contributed by atoms with van der Waals surface area (Å²) in [6.07, 6.45) is 0. The van der Waals surface area contributed by atoms with Crippen molar-refractivity contribution >= 4 is 49.3 Å². The molecular formula is C39H25F2N3. The van der Waals surface area contributed by atoms with Gasteiger partial charge in [-0.2, -0.15) is 0 Å². The van der Waals surface area contributed by atoms with Crippen molar-refractivity contribution in [1.29, 1.82) is 0 Å². The highest BCUT2D eigenvalue weighted by Gasteiger charge is 2.26. The van der Waals surface area contributed by atoms with Crippen LogP contribution in [0.15, 0.2) is 115 Å². The van der Waals surface area contributed by atoms with Crippen LogP contribution in [0.5, 0.6) is 0 Å². The molecule has 210 valence electrons. The van der Waals surface area contributed by atoms with Gasteiger partial charge in [0.2, 0.25) is 5.69 Å². The number of hydrogen-bond acceptors (Lipinski definition) is 0. The van der Waals surface area contributed by atoms with E-state index in [0.717, 1.165) is 54.7 Å². The van der Waals surface area contributed by atoms with Crippen LogP contribution < -0.4 is 0 Å². The first-order valence-electron chi connectivity index (χ1n) is 14.5. The molecule has 0 bridgehead atoms. The molecular weight excluding hydrogens is 548 g/mol. The lowest BCUT2D eigenvalue weighted by atomic mass is 9.99. The summed E-state index contributed by atoms with van der Waals surface area (Å²) in [6.45, 7) is 12.7. The summed E-state index contributed by atoms with van der Waals surface area (Å²) in [6, 6.07) is 36.1. The largest absolute Gasteiger partial charge is 0.319 e. The minimum Gasteiger partial charge on any atom is -0.319 e. The van der Waals surface area contributed by atoms with E-state index in [1.807, 2.05) is 66.9 Å². The molecule has 0 fully saturated rings. The highest BCUT2D eigenvalue weighted by Crippen LogP contribution is 2.46. The molecule has 0 aliphatic carbocycles. The Kier molecular flexibility index (Phi) is 5.69. The van der Waals surface area contributed by atoms with Crippen molar-refractivity contribution < 1.29 is 8.78 Å². The number of benzene rings is 6. The van der Waals surface area contributed by atoms with Crippen LogP contribution in [0.2, 0.25) is 0 Å². The van der Waals surface area contributed by atoms with Gasteiger partial charge in [0.25, 0.3) is 0 Å². The van der Waals surface area contributed by atoms with Crippen molar-refractivity contribution in [2.75, 3.05) is 0 Å². The Labute approximate surface area is 252 Å². The Hall–Kier alpha value is -5.73. The first-order chi connectivity index (χ1) is 21.5. The molecule has 6 aromatic carbocycles. The molecule has 0 aliphatic heterocycles. The van der Waals surface area contributed by atoms with Gasteiger partial charge in [0.1, 0.15) is 11.6 Å². The van der Waals surface area contributed by atoms with E-state index in [0.29, 0.717) is 22.6 Å². The standard InChI is InChI=1S/C39H25F2N3/c1-23-15-17-27-25-9-4-6-13-32(25)43(35(27)21-23)34-20-19-29(37-30(40)11-8-12-31(37)41)39(38(34)42-3)44-33-14-7-5-10-26(33)28-18-16-24(2)22-36(28)44/h4-22H,1-2H3. The van der Waals surface area contributed by atoms with Crippen molar-refractivity contribution in [2.45, 2.75) is 13.8 Å². The van der Waals surface area contributed by atoms with Gasteiger partial charge in [-0.05, 0) is 67.4 Å². The molecule has 8 aromatic rings. The van der Waals surface area contributed by atoms with Crippen molar-refractivity contribution in [3.05, 3.63) is 149 Å². The van der Waals surface area contributed by atoms with Crippen LogP contribution >= 0.6 is 0 Å². The van der Waals surface area contributed by atoms with E-state index in [9.17, 15) is 0 Å². The SMILES string of the molecule is [C-]#[N+]c1c(-n2c3ccccc3c3ccc(C)cc32)ccc(-c2c(F)cccc2F)c1-n1c2ccccc2c2ccc(C)cc21. The number of nitrogens with zero attached hydrogens (tertiary/aromatic N) is 3. The molecule has 0 saturated heterocycles. The van der Waals surface area contributed by atoms with Gasteiger partial charge in [-0.25, -0.2) is 13.6 Å². The van der Waals surface area contributed by atoms with E-state index >= 15 is 8.78 Å². The van der Waals surface area contributed by atoms with Crippen LogP contribution in [0, 0.1) is 32.1 Å². The average molecular weight is 574 g/mol. The van der Waals surface area contributed by atoms with E-state index in [4.69, 9.17) is 6.57 Å². The van der Waals surface area contributed by atoms with Gasteiger partial charge in [0.15, 0.2) is 0 Å². The fourth-order valence-electron chi connectivity index (χ4n) is 6.70. The topological polar surface area (TPSA) is 14.2 Å². The normalized spacial score (nSPS) is 11.6. The Morgan fingerprint density at radius 3 is 1.66 bits per heavy atom. The third-order valence-electron chi connectivity index (χ3n) is 8.60. The second kappa shape index (κ2) is 9.65. The number of halogens is 2. The van der Waals surface area contributed by atoms with Crippen molar-refractivity contribution in [1.82, 2.24) is 9.13 Å². The zero-order chi connectivity index (χ0) is 30.1. The molecule has 5 heteroatoms. The maximum absolute atomic E-state index is 15.6. The van der Waals surface area contributed by atoms with Crippen molar-refractivity contribution in [2.24, 2.45) is 0 Å². The summed E-state index contributed by atoms with van der Waals surface area (Å²) in [5, 5.41) is 4.13. The summed E-state index contributed by atoms with van der Waals surface area (Å²) >= 11 is 0. The Morgan fingerprint density at radius 2 is 1.07 bits per heavy atom. The number of hydrogen-bond donors (Lipinski definition) is 0. The summed E-state index contributed by atoms with van der Waals surface area (Å²) in [5.74, 6) is -1.36. The van der Waals surface area contributed by atoms with Gasteiger partial charge in [-0.1, -0.05) is 72.8 Å². The van der Waals surface area contributed by atoms with Gasteiger partial charge in [-0.3, -0.25) is 0 Å². The zero-order valence-corrected chi connectivity index (χ0v) is 24.1. The van der Waals surface area contributed by atoms with Crippen LogP contribution in [0.3, 0.4) is 0 Å². The quantitative estimate of drug-likeness (QED) is 0.187. The lowest BCUT2D eigenvalue weighted by Gasteiger charge is -2.20. The molecule has 3 nitrogen and oxygen atoms in total. The van der Waals surface area contributed by atoms with E-state index < -0.39 is 11.6 Å². The highest BCUT2D eigenvalue weighted by atomic mass is 19.1. The summed E-state index contributed by atoms with van der Waals surface area (Å²) in [4.78, 5) is 4.16. The zero-order valence-electron chi connectivity index (χ0n) is 24.1. The predicted octanol–water partition coefficient (Wildman–Crippen LogP) is 11.0. The van der Waals surface area contributed by atoms with Crippen LogP contribution in [0.25, 0.3) is 71.0 Å². The van der Waals surface area contributed by atoms with E-state index in [-0.39, 0.29) is 5.56 Å². The van der Waals surface area contributed by atoms with Gasteiger partial charge in [0.05, 0.1) is 45.6 Å². The molecule has 0 amide bonds. The molecule has 2 heterocycles. The number of fused-ring (bicyclic) bond motifs is 6. The molecule has 0 spiro atoms. The Morgan fingerprint density at radius 1 is 0.545 bits per heavy atom. The van der Waals surface area contributed by atoms with Gasteiger partial charge in [0, 0.05) is 27.1 Å². The van der Waals surface area contributed by atoms with Gasteiger partial charge >= 0.3 is 0 Å². The third-order valence-corrected chi connectivity index (χ3v) is 8.60. The van der Waals surface area contributed by atoms with E-state index in [1.54, 1.807) is 6.07 Å². The molecule has 44 heavy (non-hydrogen) atoms. The second-order valence-corrected chi connectivity index (χ2v) is 11.3. The summed E-state index contributed by atoms with van der Waals surface area (Å²) < 4.78 is 35.3. The molecule has 2 aromatic heterocycles. The summed E-state index contributed by atoms with van der Waals surface area (Å²) in [5.41, 5.74) is 7.31. The molecule has 0 unspecified atom stereocenters. The number of para-hydroxylation sites is 2. The monoisotopic (exact) mass is 573 g/mol.